The molecular weight excluding hydrogens is 324 g/mol. The monoisotopic (exact) mass is 350 g/mol. The van der Waals surface area contributed by atoms with Gasteiger partial charge in [0, 0.05) is 35.7 Å². The Bertz CT molecular complexity index is 498. The number of halogens is 1. The Morgan fingerprint density at radius 2 is 2.05 bits per heavy atom. The Kier molecular flexibility index (Phi) is 4.45. The summed E-state index contributed by atoms with van der Waals surface area (Å²) in [5.74, 6) is 1.57. The summed E-state index contributed by atoms with van der Waals surface area (Å²) in [6, 6.07) is 9.27. The first-order valence-corrected chi connectivity index (χ1v) is 9.02. The summed E-state index contributed by atoms with van der Waals surface area (Å²) in [5, 5.41) is 3.81. The predicted molar refractivity (Wildman–Crippen MR) is 92.3 cm³/mol. The normalized spacial score (nSPS) is 30.8. The molecule has 0 aromatic heterocycles. The van der Waals surface area contributed by atoms with Crippen LogP contribution >= 0.6 is 15.9 Å². The second-order valence-corrected chi connectivity index (χ2v) is 8.19. The summed E-state index contributed by atoms with van der Waals surface area (Å²) in [7, 11) is 0. The fraction of sp³-hybridized carbons (Fsp3) is 0.667. The van der Waals surface area contributed by atoms with Gasteiger partial charge in [0.1, 0.15) is 0 Å². The maximum atomic E-state index is 3.81. The number of rotatable bonds is 4. The van der Waals surface area contributed by atoms with Crippen molar-refractivity contribution in [3.63, 3.8) is 0 Å². The molecule has 1 aromatic rings. The summed E-state index contributed by atoms with van der Waals surface area (Å²) in [6.45, 7) is 10.5. The topological polar surface area (TPSA) is 15.3 Å². The smallest absolute Gasteiger partial charge is 0.0338 e. The third-order valence-corrected chi connectivity index (χ3v) is 6.22. The Morgan fingerprint density at radius 3 is 2.67 bits per heavy atom. The van der Waals surface area contributed by atoms with Crippen molar-refractivity contribution in [2.45, 2.75) is 51.7 Å². The Labute approximate surface area is 137 Å². The van der Waals surface area contributed by atoms with Gasteiger partial charge in [-0.25, -0.2) is 0 Å². The van der Waals surface area contributed by atoms with E-state index >= 15 is 0 Å². The molecule has 1 heterocycles. The molecular formula is C18H27BrN2. The molecule has 2 atom stereocenters. The van der Waals surface area contributed by atoms with Crippen LogP contribution in [0.1, 0.15) is 39.2 Å². The minimum atomic E-state index is 0.320. The van der Waals surface area contributed by atoms with Crippen molar-refractivity contribution < 1.29 is 0 Å². The molecule has 3 heteroatoms. The summed E-state index contributed by atoms with van der Waals surface area (Å²) in [6.07, 6.45) is 2.80. The first kappa shape index (κ1) is 15.5. The second-order valence-electron chi connectivity index (χ2n) is 7.33. The fourth-order valence-electron chi connectivity index (χ4n) is 3.59. The van der Waals surface area contributed by atoms with Crippen LogP contribution in [0.3, 0.4) is 0 Å². The van der Waals surface area contributed by atoms with Crippen LogP contribution in [0.5, 0.6) is 0 Å². The minimum absolute atomic E-state index is 0.320. The van der Waals surface area contributed by atoms with Crippen molar-refractivity contribution in [1.82, 2.24) is 10.2 Å². The maximum absolute atomic E-state index is 3.81. The van der Waals surface area contributed by atoms with Gasteiger partial charge in [0.25, 0.3) is 0 Å². The molecule has 0 radical (unpaired) electrons. The van der Waals surface area contributed by atoms with Gasteiger partial charge in [-0.1, -0.05) is 48.0 Å². The minimum Gasteiger partial charge on any atom is -0.311 e. The summed E-state index contributed by atoms with van der Waals surface area (Å²) in [5.41, 5.74) is 1.73. The molecule has 1 aromatic carbocycles. The van der Waals surface area contributed by atoms with Gasteiger partial charge in [0.2, 0.25) is 0 Å². The highest BCUT2D eigenvalue weighted by atomic mass is 79.9. The van der Waals surface area contributed by atoms with Crippen molar-refractivity contribution in [2.75, 3.05) is 13.1 Å². The van der Waals surface area contributed by atoms with Crippen LogP contribution in [0.25, 0.3) is 0 Å². The van der Waals surface area contributed by atoms with Crippen LogP contribution in [0.2, 0.25) is 0 Å². The second kappa shape index (κ2) is 6.02. The number of hydrogen-bond acceptors (Lipinski definition) is 2. The molecule has 0 amide bonds. The molecule has 21 heavy (non-hydrogen) atoms. The van der Waals surface area contributed by atoms with Gasteiger partial charge in [-0.2, -0.15) is 0 Å². The molecule has 1 saturated carbocycles. The third kappa shape index (κ3) is 3.20. The molecule has 0 bridgehead atoms. The number of hydrogen-bond donors (Lipinski definition) is 1. The van der Waals surface area contributed by atoms with Crippen LogP contribution in [0.15, 0.2) is 28.7 Å². The SMILES string of the molecule is CC(C)C1CN(Cc2ccccc2Br)C(C)(C2CC2)CN1. The van der Waals surface area contributed by atoms with Gasteiger partial charge in [-0.15, -0.1) is 0 Å². The standard InChI is InChI=1S/C18H27BrN2/c1-13(2)17-11-21(10-14-6-4-5-7-16(14)19)18(3,12-20-17)15-8-9-15/h4-7,13,15,17,20H,8-12H2,1-3H3. The molecule has 3 rings (SSSR count). The molecule has 1 N–H and O–H groups in total. The van der Waals surface area contributed by atoms with E-state index in [2.05, 4.69) is 71.2 Å². The largest absolute Gasteiger partial charge is 0.311 e. The Balaban J connectivity index is 1.81. The van der Waals surface area contributed by atoms with E-state index in [4.69, 9.17) is 0 Å². The van der Waals surface area contributed by atoms with E-state index in [0.717, 1.165) is 25.6 Å². The van der Waals surface area contributed by atoms with Crippen LogP contribution in [-0.2, 0) is 6.54 Å². The van der Waals surface area contributed by atoms with Crippen molar-refractivity contribution in [3.8, 4) is 0 Å². The number of nitrogens with zero attached hydrogens (tertiary/aromatic N) is 1. The van der Waals surface area contributed by atoms with Gasteiger partial charge < -0.3 is 5.32 Å². The van der Waals surface area contributed by atoms with Crippen LogP contribution in [0.4, 0.5) is 0 Å². The first-order chi connectivity index (χ1) is 10.0. The zero-order valence-corrected chi connectivity index (χ0v) is 15.0. The lowest BCUT2D eigenvalue weighted by Crippen LogP contribution is -2.65. The molecule has 1 saturated heterocycles. The highest BCUT2D eigenvalue weighted by Gasteiger charge is 2.48. The average molecular weight is 351 g/mol. The van der Waals surface area contributed by atoms with E-state index < -0.39 is 0 Å². The van der Waals surface area contributed by atoms with E-state index in [0.29, 0.717) is 17.5 Å². The molecule has 2 unspecified atom stereocenters. The van der Waals surface area contributed by atoms with E-state index in [1.807, 2.05) is 0 Å². The maximum Gasteiger partial charge on any atom is 0.0338 e. The molecule has 0 spiro atoms. The zero-order valence-electron chi connectivity index (χ0n) is 13.4. The zero-order chi connectivity index (χ0) is 15.0. The highest BCUT2D eigenvalue weighted by Crippen LogP contribution is 2.45. The fourth-order valence-corrected chi connectivity index (χ4v) is 4.00. The van der Waals surface area contributed by atoms with Crippen molar-refractivity contribution in [3.05, 3.63) is 34.3 Å². The average Bonchev–Trinajstić information content (AvgIpc) is 3.28. The van der Waals surface area contributed by atoms with E-state index in [-0.39, 0.29) is 0 Å². The molecule has 1 aliphatic heterocycles. The molecule has 2 aliphatic rings. The molecule has 1 aliphatic carbocycles. The van der Waals surface area contributed by atoms with Crippen LogP contribution in [-0.4, -0.2) is 29.6 Å². The number of benzene rings is 1. The van der Waals surface area contributed by atoms with Gasteiger partial charge in [-0.05, 0) is 43.2 Å². The van der Waals surface area contributed by atoms with Crippen molar-refractivity contribution in [2.24, 2.45) is 11.8 Å². The summed E-state index contributed by atoms with van der Waals surface area (Å²) >= 11 is 3.72. The van der Waals surface area contributed by atoms with Crippen LogP contribution in [0, 0.1) is 11.8 Å². The molecule has 2 nitrogen and oxygen atoms in total. The van der Waals surface area contributed by atoms with Gasteiger partial charge in [0.15, 0.2) is 0 Å². The van der Waals surface area contributed by atoms with Crippen molar-refractivity contribution >= 4 is 15.9 Å². The lowest BCUT2D eigenvalue weighted by Gasteiger charge is -2.50. The quantitative estimate of drug-likeness (QED) is 0.881. The molecule has 116 valence electrons. The van der Waals surface area contributed by atoms with E-state index in [1.165, 1.54) is 22.9 Å². The Hall–Kier alpha value is -0.380. The third-order valence-electron chi connectivity index (χ3n) is 5.44. The number of nitrogens with one attached hydrogen (secondary N) is 1. The molecule has 2 fully saturated rings. The predicted octanol–water partition coefficient (Wildman–Crippen LogP) is 4.05. The summed E-state index contributed by atoms with van der Waals surface area (Å²) < 4.78 is 1.24. The van der Waals surface area contributed by atoms with Crippen LogP contribution < -0.4 is 5.32 Å². The van der Waals surface area contributed by atoms with Gasteiger partial charge in [0.05, 0.1) is 0 Å². The first-order valence-electron chi connectivity index (χ1n) is 8.22. The lowest BCUT2D eigenvalue weighted by molar-refractivity contribution is 0.0185. The summed E-state index contributed by atoms with van der Waals surface area (Å²) in [4.78, 5) is 2.74. The lowest BCUT2D eigenvalue weighted by atomic mass is 9.87. The van der Waals surface area contributed by atoms with E-state index in [1.54, 1.807) is 0 Å². The van der Waals surface area contributed by atoms with Gasteiger partial charge in [-0.3, -0.25) is 4.90 Å². The van der Waals surface area contributed by atoms with Crippen molar-refractivity contribution in [1.29, 1.82) is 0 Å². The Morgan fingerprint density at radius 1 is 1.33 bits per heavy atom. The van der Waals surface area contributed by atoms with E-state index in [9.17, 15) is 0 Å². The number of piperazine rings is 1. The highest BCUT2D eigenvalue weighted by molar-refractivity contribution is 9.10. The van der Waals surface area contributed by atoms with Gasteiger partial charge >= 0.3 is 0 Å².